The van der Waals surface area contributed by atoms with Gasteiger partial charge in [0.05, 0.1) is 17.7 Å². The highest BCUT2D eigenvalue weighted by molar-refractivity contribution is 9.10. The molecule has 28 heavy (non-hydrogen) atoms. The molecule has 1 amide bonds. The summed E-state index contributed by atoms with van der Waals surface area (Å²) in [6.07, 6.45) is 0.398. The molecule has 3 rings (SSSR count). The molecule has 2 aromatic carbocycles. The summed E-state index contributed by atoms with van der Waals surface area (Å²) in [5.74, 6) is 0.486. The number of anilines is 1. The Morgan fingerprint density at radius 2 is 1.93 bits per heavy atom. The fourth-order valence-corrected chi connectivity index (χ4v) is 3.64. The summed E-state index contributed by atoms with van der Waals surface area (Å²) in [5.41, 5.74) is 3.17. The van der Waals surface area contributed by atoms with Crippen LogP contribution in [0.1, 0.15) is 18.1 Å². The van der Waals surface area contributed by atoms with Gasteiger partial charge < -0.3 is 14.8 Å². The number of nitrogens with zero attached hydrogens (tertiary/aromatic N) is 1. The number of ether oxygens (including phenoxy) is 2. The highest BCUT2D eigenvalue weighted by atomic mass is 79.9. The van der Waals surface area contributed by atoms with Gasteiger partial charge in [0.1, 0.15) is 5.75 Å². The van der Waals surface area contributed by atoms with Crippen molar-refractivity contribution in [1.82, 2.24) is 4.90 Å². The van der Waals surface area contributed by atoms with Crippen molar-refractivity contribution in [1.29, 1.82) is 0 Å². The molecule has 5 nitrogen and oxygen atoms in total. The van der Waals surface area contributed by atoms with Crippen LogP contribution in [0.4, 0.5) is 5.69 Å². The third-order valence-electron chi connectivity index (χ3n) is 4.80. The minimum absolute atomic E-state index is 0.173. The van der Waals surface area contributed by atoms with E-state index in [1.807, 2.05) is 37.3 Å². The van der Waals surface area contributed by atoms with E-state index in [1.54, 1.807) is 6.92 Å². The third-order valence-corrected chi connectivity index (χ3v) is 5.42. The number of carbonyl (C=O) groups is 1. The molecule has 0 saturated carbocycles. The van der Waals surface area contributed by atoms with Crippen LogP contribution in [0.25, 0.3) is 0 Å². The van der Waals surface area contributed by atoms with Crippen molar-refractivity contribution in [2.24, 2.45) is 0 Å². The van der Waals surface area contributed by atoms with E-state index in [-0.39, 0.29) is 5.91 Å². The molecule has 1 saturated heterocycles. The third kappa shape index (κ3) is 6.06. The summed E-state index contributed by atoms with van der Waals surface area (Å²) in [5, 5.41) is 2.92. The lowest BCUT2D eigenvalue weighted by atomic mass is 10.1. The van der Waals surface area contributed by atoms with E-state index in [0.717, 1.165) is 55.0 Å². The molecule has 6 heteroatoms. The van der Waals surface area contributed by atoms with E-state index < -0.39 is 6.10 Å². The maximum atomic E-state index is 12.4. The van der Waals surface area contributed by atoms with Crippen molar-refractivity contribution in [3.05, 3.63) is 58.1 Å². The molecule has 0 spiro atoms. The van der Waals surface area contributed by atoms with E-state index in [9.17, 15) is 4.79 Å². The van der Waals surface area contributed by atoms with Crippen LogP contribution in [0.3, 0.4) is 0 Å². The number of hydrogen-bond acceptors (Lipinski definition) is 4. The number of amides is 1. The molecule has 2 aromatic rings. The highest BCUT2D eigenvalue weighted by Gasteiger charge is 2.16. The zero-order chi connectivity index (χ0) is 19.9. The van der Waals surface area contributed by atoms with Crippen LogP contribution in [0.15, 0.2) is 46.9 Å². The zero-order valence-corrected chi connectivity index (χ0v) is 18.0. The monoisotopic (exact) mass is 446 g/mol. The van der Waals surface area contributed by atoms with Crippen molar-refractivity contribution < 1.29 is 14.3 Å². The van der Waals surface area contributed by atoms with Crippen LogP contribution in [-0.2, 0) is 16.0 Å². The number of halogens is 1. The number of nitrogens with one attached hydrogen (secondary N) is 1. The first-order valence-electron chi connectivity index (χ1n) is 9.64. The lowest BCUT2D eigenvalue weighted by molar-refractivity contribution is -0.122. The molecule has 1 N–H and O–H groups in total. The number of hydrogen-bond donors (Lipinski definition) is 1. The highest BCUT2D eigenvalue weighted by Crippen LogP contribution is 2.26. The van der Waals surface area contributed by atoms with Gasteiger partial charge in [-0.3, -0.25) is 9.69 Å². The smallest absolute Gasteiger partial charge is 0.265 e. The zero-order valence-electron chi connectivity index (χ0n) is 16.4. The van der Waals surface area contributed by atoms with Crippen LogP contribution in [0.5, 0.6) is 5.75 Å². The van der Waals surface area contributed by atoms with Crippen LogP contribution >= 0.6 is 15.9 Å². The minimum atomic E-state index is -0.597. The van der Waals surface area contributed by atoms with Crippen molar-refractivity contribution >= 4 is 27.5 Å². The fourth-order valence-electron chi connectivity index (χ4n) is 3.06. The Bertz CT molecular complexity index is 789. The van der Waals surface area contributed by atoms with Gasteiger partial charge in [0.2, 0.25) is 0 Å². The number of benzene rings is 2. The van der Waals surface area contributed by atoms with Crippen molar-refractivity contribution in [3.63, 3.8) is 0 Å². The molecule has 1 atom stereocenters. The summed E-state index contributed by atoms with van der Waals surface area (Å²) in [4.78, 5) is 14.9. The summed E-state index contributed by atoms with van der Waals surface area (Å²) in [6.45, 7) is 8.44. The van der Waals surface area contributed by atoms with E-state index in [1.165, 1.54) is 5.56 Å². The molecule has 0 radical (unpaired) electrons. The minimum Gasteiger partial charge on any atom is -0.480 e. The first-order chi connectivity index (χ1) is 13.5. The predicted molar refractivity (Wildman–Crippen MR) is 115 cm³/mol. The molecule has 1 aliphatic heterocycles. The number of rotatable bonds is 7. The van der Waals surface area contributed by atoms with Gasteiger partial charge in [-0.05, 0) is 71.6 Å². The molecule has 0 aromatic heterocycles. The quantitative estimate of drug-likeness (QED) is 0.696. The predicted octanol–water partition coefficient (Wildman–Crippen LogP) is 4.04. The number of morpholine rings is 1. The largest absolute Gasteiger partial charge is 0.480 e. The summed E-state index contributed by atoms with van der Waals surface area (Å²) in [7, 11) is 0. The van der Waals surface area contributed by atoms with Gasteiger partial charge in [-0.25, -0.2) is 0 Å². The molecule has 1 unspecified atom stereocenters. The lowest BCUT2D eigenvalue weighted by Crippen LogP contribution is -2.37. The van der Waals surface area contributed by atoms with Crippen LogP contribution in [0, 0.1) is 6.92 Å². The van der Waals surface area contributed by atoms with Crippen LogP contribution < -0.4 is 10.1 Å². The molecule has 1 fully saturated rings. The Kier molecular flexibility index (Phi) is 7.48. The average Bonchev–Trinajstić information content (AvgIpc) is 2.70. The van der Waals surface area contributed by atoms with E-state index in [2.05, 4.69) is 38.3 Å². The topological polar surface area (TPSA) is 50.8 Å². The summed E-state index contributed by atoms with van der Waals surface area (Å²) in [6, 6.07) is 13.8. The van der Waals surface area contributed by atoms with Gasteiger partial charge in [-0.15, -0.1) is 0 Å². The van der Waals surface area contributed by atoms with Gasteiger partial charge in [0.15, 0.2) is 6.10 Å². The van der Waals surface area contributed by atoms with Crippen LogP contribution in [-0.4, -0.2) is 49.8 Å². The SMILES string of the molecule is Cc1ccc(OC(C)C(=O)Nc2ccc(CCN3CCOCC3)cc2)c(Br)c1. The Balaban J connectivity index is 1.49. The second kappa shape index (κ2) is 10.0. The first kappa shape index (κ1) is 20.8. The van der Waals surface area contributed by atoms with Crippen molar-refractivity contribution in [2.45, 2.75) is 26.4 Å². The Labute approximate surface area is 175 Å². The van der Waals surface area contributed by atoms with E-state index in [0.29, 0.717) is 5.75 Å². The number of carbonyl (C=O) groups excluding carboxylic acids is 1. The van der Waals surface area contributed by atoms with Crippen LogP contribution in [0.2, 0.25) is 0 Å². The molecule has 150 valence electrons. The maximum Gasteiger partial charge on any atom is 0.265 e. The van der Waals surface area contributed by atoms with Gasteiger partial charge in [-0.2, -0.15) is 0 Å². The molecule has 0 aliphatic carbocycles. The Morgan fingerprint density at radius 3 is 2.61 bits per heavy atom. The second-order valence-electron chi connectivity index (χ2n) is 7.08. The second-order valence-corrected chi connectivity index (χ2v) is 7.94. The van der Waals surface area contributed by atoms with Gasteiger partial charge in [0, 0.05) is 25.3 Å². The lowest BCUT2D eigenvalue weighted by Gasteiger charge is -2.26. The van der Waals surface area contributed by atoms with Gasteiger partial charge in [-0.1, -0.05) is 18.2 Å². The summed E-state index contributed by atoms with van der Waals surface area (Å²) < 4.78 is 12.0. The normalized spacial score (nSPS) is 15.8. The fraction of sp³-hybridized carbons (Fsp3) is 0.409. The molecule has 1 heterocycles. The first-order valence-corrected chi connectivity index (χ1v) is 10.4. The molecule has 1 aliphatic rings. The van der Waals surface area contributed by atoms with E-state index >= 15 is 0 Å². The van der Waals surface area contributed by atoms with Gasteiger partial charge in [0.25, 0.3) is 5.91 Å². The molecule has 0 bridgehead atoms. The maximum absolute atomic E-state index is 12.4. The average molecular weight is 447 g/mol. The number of aryl methyl sites for hydroxylation is 1. The summed E-state index contributed by atoms with van der Waals surface area (Å²) >= 11 is 3.48. The van der Waals surface area contributed by atoms with Crippen molar-refractivity contribution in [3.8, 4) is 5.75 Å². The Hall–Kier alpha value is -1.89. The van der Waals surface area contributed by atoms with Gasteiger partial charge >= 0.3 is 0 Å². The molecular formula is C22H27BrN2O3. The Morgan fingerprint density at radius 1 is 1.21 bits per heavy atom. The van der Waals surface area contributed by atoms with E-state index in [4.69, 9.17) is 9.47 Å². The van der Waals surface area contributed by atoms with Crippen molar-refractivity contribution in [2.75, 3.05) is 38.2 Å². The standard InChI is InChI=1S/C22H27BrN2O3/c1-16-3-8-21(20(23)15-16)28-17(2)22(26)24-19-6-4-18(5-7-19)9-10-25-11-13-27-14-12-25/h3-8,15,17H,9-14H2,1-2H3,(H,24,26). The molecular weight excluding hydrogens is 420 g/mol.